The lowest BCUT2D eigenvalue weighted by Gasteiger charge is -2.02. The van der Waals surface area contributed by atoms with Crippen LogP contribution in [0.4, 0.5) is 0 Å². The molecule has 0 radical (unpaired) electrons. The Bertz CT molecular complexity index is 273. The summed E-state index contributed by atoms with van der Waals surface area (Å²) in [5.41, 5.74) is 0.542. The summed E-state index contributed by atoms with van der Waals surface area (Å²) in [7, 11) is 0. The minimum atomic E-state index is -0.313. The highest BCUT2D eigenvalue weighted by molar-refractivity contribution is 9.08. The predicted molar refractivity (Wildman–Crippen MR) is 44.1 cm³/mol. The fraction of sp³-hybridized carbons (Fsp3) is 0.143. The molecule has 60 valence electrons. The number of halogens is 1. The van der Waals surface area contributed by atoms with Gasteiger partial charge in [-0.15, -0.1) is 0 Å². The van der Waals surface area contributed by atoms with Gasteiger partial charge < -0.3 is 15.3 Å². The van der Waals surface area contributed by atoms with E-state index >= 15 is 0 Å². The molecule has 0 saturated heterocycles. The minimum absolute atomic E-state index is 0.0304. The Balaban J connectivity index is 3.21. The van der Waals surface area contributed by atoms with Crippen molar-refractivity contribution in [3.05, 3.63) is 17.7 Å². The fourth-order valence-electron chi connectivity index (χ4n) is 0.716. The van der Waals surface area contributed by atoms with Crippen LogP contribution in [0.3, 0.4) is 0 Å². The van der Waals surface area contributed by atoms with Crippen LogP contribution in [-0.2, 0) is 5.33 Å². The average Bonchev–Trinajstić information content (AvgIpc) is 1.97. The average molecular weight is 219 g/mol. The second-order valence-corrected chi connectivity index (χ2v) is 2.66. The maximum Gasteiger partial charge on any atom is 0.161 e. The molecule has 0 fully saturated rings. The van der Waals surface area contributed by atoms with Crippen molar-refractivity contribution in [2.45, 2.75) is 5.33 Å². The summed E-state index contributed by atoms with van der Waals surface area (Å²) in [4.78, 5) is 0. The molecule has 3 nitrogen and oxygen atoms in total. The normalized spacial score (nSPS) is 9.91. The van der Waals surface area contributed by atoms with Gasteiger partial charge in [0.05, 0.1) is 0 Å². The number of hydrogen-bond donors (Lipinski definition) is 3. The van der Waals surface area contributed by atoms with Gasteiger partial charge in [-0.2, -0.15) is 0 Å². The van der Waals surface area contributed by atoms with E-state index in [0.29, 0.717) is 10.9 Å². The van der Waals surface area contributed by atoms with Gasteiger partial charge in [-0.25, -0.2) is 0 Å². The summed E-state index contributed by atoms with van der Waals surface area (Å²) in [6, 6.07) is 2.41. The van der Waals surface area contributed by atoms with Crippen LogP contribution in [0.25, 0.3) is 0 Å². The first-order chi connectivity index (χ1) is 5.15. The van der Waals surface area contributed by atoms with Crippen LogP contribution < -0.4 is 0 Å². The maximum atomic E-state index is 9.11. The maximum absolute atomic E-state index is 9.11. The minimum Gasteiger partial charge on any atom is -0.507 e. The van der Waals surface area contributed by atoms with E-state index in [9.17, 15) is 0 Å². The van der Waals surface area contributed by atoms with Crippen molar-refractivity contribution >= 4 is 15.9 Å². The molecule has 0 aliphatic carbocycles. The van der Waals surface area contributed by atoms with Crippen LogP contribution in [0.2, 0.25) is 0 Å². The Morgan fingerprint density at radius 3 is 2.09 bits per heavy atom. The number of rotatable bonds is 1. The Morgan fingerprint density at radius 1 is 1.00 bits per heavy atom. The second-order valence-electron chi connectivity index (χ2n) is 2.10. The lowest BCUT2D eigenvalue weighted by Crippen LogP contribution is -1.79. The molecule has 0 spiro atoms. The highest BCUT2D eigenvalue weighted by atomic mass is 79.9. The summed E-state index contributed by atoms with van der Waals surface area (Å²) in [5.74, 6) is -0.568. The Labute approximate surface area is 72.0 Å². The van der Waals surface area contributed by atoms with Crippen molar-refractivity contribution in [2.75, 3.05) is 0 Å². The molecule has 0 heterocycles. The third-order valence-electron chi connectivity index (χ3n) is 1.32. The van der Waals surface area contributed by atoms with E-state index in [1.165, 1.54) is 6.07 Å². The zero-order valence-corrected chi connectivity index (χ0v) is 7.17. The molecule has 0 amide bonds. The molecular weight excluding hydrogens is 212 g/mol. The first-order valence-electron chi connectivity index (χ1n) is 2.95. The molecule has 1 rings (SSSR count). The molecule has 0 aliphatic rings. The van der Waals surface area contributed by atoms with Crippen LogP contribution in [0.5, 0.6) is 17.2 Å². The summed E-state index contributed by atoms with van der Waals surface area (Å²) in [6.45, 7) is 0. The van der Waals surface area contributed by atoms with Gasteiger partial charge in [0, 0.05) is 17.0 Å². The molecule has 0 aromatic heterocycles. The topological polar surface area (TPSA) is 60.7 Å². The molecule has 0 saturated carbocycles. The standard InChI is InChI=1S/C7H7BrO3/c8-3-4-1-6(10)7(11)2-5(4)9/h1-2,9-11H,3H2. The number of phenols is 3. The molecule has 0 unspecified atom stereocenters. The highest BCUT2D eigenvalue weighted by Gasteiger charge is 2.05. The van der Waals surface area contributed by atoms with Gasteiger partial charge in [0.15, 0.2) is 11.5 Å². The quantitative estimate of drug-likeness (QED) is 0.382. The van der Waals surface area contributed by atoms with Gasteiger partial charge in [0.1, 0.15) is 5.75 Å². The molecule has 4 heteroatoms. The van der Waals surface area contributed by atoms with Crippen molar-refractivity contribution in [3.8, 4) is 17.2 Å². The predicted octanol–water partition coefficient (Wildman–Crippen LogP) is 1.70. The summed E-state index contributed by atoms with van der Waals surface area (Å²) < 4.78 is 0. The molecule has 1 aromatic rings. The zero-order chi connectivity index (χ0) is 8.43. The Morgan fingerprint density at radius 2 is 1.55 bits per heavy atom. The number of alkyl halides is 1. The molecule has 3 N–H and O–H groups in total. The summed E-state index contributed by atoms with van der Waals surface area (Å²) in [5, 5.41) is 27.4. The van der Waals surface area contributed by atoms with Gasteiger partial charge in [0.25, 0.3) is 0 Å². The van der Waals surface area contributed by atoms with Crippen LogP contribution in [-0.4, -0.2) is 15.3 Å². The first kappa shape index (κ1) is 8.20. The third kappa shape index (κ3) is 1.57. The van der Waals surface area contributed by atoms with E-state index in [1.807, 2.05) is 0 Å². The van der Waals surface area contributed by atoms with Crippen molar-refractivity contribution < 1.29 is 15.3 Å². The van der Waals surface area contributed by atoms with Crippen LogP contribution in [0.15, 0.2) is 12.1 Å². The van der Waals surface area contributed by atoms with E-state index in [-0.39, 0.29) is 17.2 Å². The third-order valence-corrected chi connectivity index (χ3v) is 1.92. The first-order valence-corrected chi connectivity index (χ1v) is 4.07. The van der Waals surface area contributed by atoms with Gasteiger partial charge in [-0.3, -0.25) is 0 Å². The monoisotopic (exact) mass is 218 g/mol. The zero-order valence-electron chi connectivity index (χ0n) is 5.58. The van der Waals surface area contributed by atoms with Crippen molar-refractivity contribution in [1.29, 1.82) is 0 Å². The fourth-order valence-corrected chi connectivity index (χ4v) is 1.17. The van der Waals surface area contributed by atoms with Crippen molar-refractivity contribution in [3.63, 3.8) is 0 Å². The van der Waals surface area contributed by atoms with Crippen LogP contribution in [0.1, 0.15) is 5.56 Å². The smallest absolute Gasteiger partial charge is 0.161 e. The van der Waals surface area contributed by atoms with Crippen LogP contribution >= 0.6 is 15.9 Å². The number of phenolic OH excluding ortho intramolecular Hbond substituents is 3. The largest absolute Gasteiger partial charge is 0.507 e. The van der Waals surface area contributed by atoms with Crippen molar-refractivity contribution in [1.82, 2.24) is 0 Å². The number of benzene rings is 1. The molecule has 1 aromatic carbocycles. The molecule has 0 aliphatic heterocycles. The lowest BCUT2D eigenvalue weighted by atomic mass is 10.2. The molecule has 0 atom stereocenters. The van der Waals surface area contributed by atoms with Crippen molar-refractivity contribution in [2.24, 2.45) is 0 Å². The number of aromatic hydroxyl groups is 3. The number of hydrogen-bond acceptors (Lipinski definition) is 3. The van der Waals surface area contributed by atoms with Gasteiger partial charge >= 0.3 is 0 Å². The highest BCUT2D eigenvalue weighted by Crippen LogP contribution is 2.32. The van der Waals surface area contributed by atoms with E-state index < -0.39 is 0 Å². The SMILES string of the molecule is Oc1cc(O)c(CBr)cc1O. The Kier molecular flexibility index (Phi) is 2.24. The molecule has 11 heavy (non-hydrogen) atoms. The molecular formula is C7H7BrO3. The molecule has 0 bridgehead atoms. The van der Waals surface area contributed by atoms with Crippen LogP contribution in [0, 0.1) is 0 Å². The van der Waals surface area contributed by atoms with E-state index in [0.717, 1.165) is 6.07 Å². The van der Waals surface area contributed by atoms with Gasteiger partial charge in [0.2, 0.25) is 0 Å². The van der Waals surface area contributed by atoms with Gasteiger partial charge in [-0.1, -0.05) is 15.9 Å². The van der Waals surface area contributed by atoms with E-state index in [2.05, 4.69) is 15.9 Å². The van der Waals surface area contributed by atoms with Gasteiger partial charge in [-0.05, 0) is 6.07 Å². The second kappa shape index (κ2) is 3.00. The Hall–Kier alpha value is -0.900. The summed E-state index contributed by atoms with van der Waals surface area (Å²) in [6.07, 6.45) is 0. The van der Waals surface area contributed by atoms with E-state index in [4.69, 9.17) is 15.3 Å². The lowest BCUT2D eigenvalue weighted by molar-refractivity contribution is 0.395. The summed E-state index contributed by atoms with van der Waals surface area (Å²) >= 11 is 3.11. The van der Waals surface area contributed by atoms with E-state index in [1.54, 1.807) is 0 Å².